The maximum absolute atomic E-state index is 9.70. The first-order chi connectivity index (χ1) is 13.7. The van der Waals surface area contributed by atoms with E-state index in [-0.39, 0.29) is 6.10 Å². The summed E-state index contributed by atoms with van der Waals surface area (Å²) < 4.78 is 2.18. The Labute approximate surface area is 164 Å². The van der Waals surface area contributed by atoms with E-state index in [9.17, 15) is 5.11 Å². The number of pyridine rings is 1. The third-order valence-corrected chi connectivity index (χ3v) is 7.03. The summed E-state index contributed by atoms with van der Waals surface area (Å²) in [5, 5.41) is 16.9. The second-order valence-electron chi connectivity index (χ2n) is 9.09. The Morgan fingerprint density at radius 2 is 2.00 bits per heavy atom. The molecule has 3 aliphatic carbocycles. The van der Waals surface area contributed by atoms with Crippen LogP contribution in [-0.2, 0) is 6.54 Å². The summed E-state index contributed by atoms with van der Waals surface area (Å²) in [4.78, 5) is 4.80. The molecule has 4 aliphatic rings. The van der Waals surface area contributed by atoms with Crippen LogP contribution in [0.1, 0.15) is 61.7 Å². The van der Waals surface area contributed by atoms with Crippen LogP contribution in [0.25, 0.3) is 11.3 Å². The smallest absolute Gasteiger partial charge is 0.0757 e. The van der Waals surface area contributed by atoms with Crippen molar-refractivity contribution in [3.8, 4) is 11.3 Å². The van der Waals surface area contributed by atoms with Gasteiger partial charge in [-0.2, -0.15) is 5.10 Å². The SMILES string of the molecule is NC[C@H]1C[C@H](n2cc(-c3cc4c(cn3)CNN4C3CC(O)C3)c(C3CC3)n2)C1. The van der Waals surface area contributed by atoms with Crippen molar-refractivity contribution >= 4 is 5.69 Å². The number of hydrazine groups is 1. The fraction of sp³-hybridized carbons (Fsp3) is 0.619. The van der Waals surface area contributed by atoms with Crippen LogP contribution in [0, 0.1) is 5.92 Å². The van der Waals surface area contributed by atoms with Crippen molar-refractivity contribution in [3.63, 3.8) is 0 Å². The monoisotopic (exact) mass is 380 g/mol. The molecule has 148 valence electrons. The molecule has 0 aromatic carbocycles. The molecule has 1 aliphatic heterocycles. The first-order valence-corrected chi connectivity index (χ1v) is 10.7. The van der Waals surface area contributed by atoms with Crippen molar-refractivity contribution in [2.45, 2.75) is 69.2 Å². The van der Waals surface area contributed by atoms with Crippen LogP contribution in [0.4, 0.5) is 5.69 Å². The minimum Gasteiger partial charge on any atom is -0.393 e. The summed E-state index contributed by atoms with van der Waals surface area (Å²) in [5.41, 5.74) is 15.2. The number of fused-ring (bicyclic) bond motifs is 1. The lowest BCUT2D eigenvalue weighted by atomic mass is 9.80. The number of nitrogens with two attached hydrogens (primary N) is 1. The summed E-state index contributed by atoms with van der Waals surface area (Å²) in [6, 6.07) is 3.08. The largest absolute Gasteiger partial charge is 0.393 e. The third-order valence-electron chi connectivity index (χ3n) is 7.03. The number of anilines is 1. The quantitative estimate of drug-likeness (QED) is 0.736. The number of hydrogen-bond acceptors (Lipinski definition) is 6. The Hall–Kier alpha value is -1.96. The first-order valence-electron chi connectivity index (χ1n) is 10.7. The number of nitrogens with one attached hydrogen (secondary N) is 1. The normalized spacial score (nSPS) is 31.4. The summed E-state index contributed by atoms with van der Waals surface area (Å²) >= 11 is 0. The molecule has 4 N–H and O–H groups in total. The number of hydrogen-bond donors (Lipinski definition) is 3. The van der Waals surface area contributed by atoms with Crippen LogP contribution in [0.3, 0.4) is 0 Å². The van der Waals surface area contributed by atoms with Crippen LogP contribution in [0.15, 0.2) is 18.5 Å². The zero-order valence-electron chi connectivity index (χ0n) is 16.1. The Morgan fingerprint density at radius 1 is 1.18 bits per heavy atom. The molecule has 6 rings (SSSR count). The predicted molar refractivity (Wildman–Crippen MR) is 107 cm³/mol. The molecule has 0 saturated heterocycles. The van der Waals surface area contributed by atoms with E-state index in [1.165, 1.54) is 35.3 Å². The highest BCUT2D eigenvalue weighted by molar-refractivity contribution is 5.70. The molecule has 2 aromatic heterocycles. The zero-order chi connectivity index (χ0) is 18.8. The van der Waals surface area contributed by atoms with Crippen LogP contribution in [0.5, 0.6) is 0 Å². The molecule has 0 atom stereocenters. The molecular formula is C21H28N6O. The van der Waals surface area contributed by atoms with Gasteiger partial charge in [0.05, 0.1) is 35.3 Å². The van der Waals surface area contributed by atoms with E-state index in [1.54, 1.807) is 0 Å². The summed E-state index contributed by atoms with van der Waals surface area (Å²) in [5.74, 6) is 1.24. The number of aromatic nitrogens is 3. The van der Waals surface area contributed by atoms with Gasteiger partial charge < -0.3 is 15.8 Å². The summed E-state index contributed by atoms with van der Waals surface area (Å²) in [6.07, 6.45) is 10.5. The highest BCUT2D eigenvalue weighted by atomic mass is 16.3. The number of rotatable bonds is 5. The van der Waals surface area contributed by atoms with Gasteiger partial charge in [0.2, 0.25) is 0 Å². The molecular weight excluding hydrogens is 352 g/mol. The first kappa shape index (κ1) is 16.9. The molecule has 3 saturated carbocycles. The summed E-state index contributed by atoms with van der Waals surface area (Å²) in [7, 11) is 0. The lowest BCUT2D eigenvalue weighted by Crippen LogP contribution is -2.51. The van der Waals surface area contributed by atoms with Crippen molar-refractivity contribution in [2.75, 3.05) is 11.6 Å². The number of nitrogens with zero attached hydrogens (tertiary/aromatic N) is 4. The fourth-order valence-electron chi connectivity index (χ4n) is 4.89. The molecule has 0 spiro atoms. The Balaban J connectivity index is 1.32. The van der Waals surface area contributed by atoms with Gasteiger partial charge in [-0.25, -0.2) is 5.43 Å². The Morgan fingerprint density at radius 3 is 2.71 bits per heavy atom. The molecule has 3 fully saturated rings. The van der Waals surface area contributed by atoms with Crippen LogP contribution >= 0.6 is 0 Å². The highest BCUT2D eigenvalue weighted by Crippen LogP contribution is 2.46. The third kappa shape index (κ3) is 2.68. The minimum atomic E-state index is -0.156. The average Bonchev–Trinajstić information content (AvgIpc) is 3.26. The van der Waals surface area contributed by atoms with Crippen molar-refractivity contribution < 1.29 is 5.11 Å². The van der Waals surface area contributed by atoms with Gasteiger partial charge in [0, 0.05) is 36.0 Å². The van der Waals surface area contributed by atoms with Gasteiger partial charge in [-0.1, -0.05) is 0 Å². The Kier molecular flexibility index (Phi) is 3.79. The molecule has 0 bridgehead atoms. The molecule has 3 heterocycles. The van der Waals surface area contributed by atoms with Crippen molar-refractivity contribution in [2.24, 2.45) is 11.7 Å². The van der Waals surface area contributed by atoms with E-state index in [1.807, 2.05) is 6.20 Å². The van der Waals surface area contributed by atoms with E-state index >= 15 is 0 Å². The van der Waals surface area contributed by atoms with Crippen molar-refractivity contribution in [1.29, 1.82) is 0 Å². The lowest BCUT2D eigenvalue weighted by Gasteiger charge is -2.39. The summed E-state index contributed by atoms with van der Waals surface area (Å²) in [6.45, 7) is 1.59. The van der Waals surface area contributed by atoms with Gasteiger partial charge in [0.15, 0.2) is 0 Å². The molecule has 28 heavy (non-hydrogen) atoms. The molecule has 2 aromatic rings. The van der Waals surface area contributed by atoms with Gasteiger partial charge >= 0.3 is 0 Å². The lowest BCUT2D eigenvalue weighted by molar-refractivity contribution is 0.0704. The number of aliphatic hydroxyl groups excluding tert-OH is 1. The van der Waals surface area contributed by atoms with Gasteiger partial charge in [0.25, 0.3) is 0 Å². The molecule has 0 radical (unpaired) electrons. The van der Waals surface area contributed by atoms with E-state index in [0.717, 1.165) is 44.5 Å². The predicted octanol–water partition coefficient (Wildman–Crippen LogP) is 2.08. The van der Waals surface area contributed by atoms with Crippen LogP contribution < -0.4 is 16.2 Å². The van der Waals surface area contributed by atoms with Crippen LogP contribution in [0.2, 0.25) is 0 Å². The maximum atomic E-state index is 9.70. The van der Waals surface area contributed by atoms with Gasteiger partial charge in [-0.3, -0.25) is 9.67 Å². The van der Waals surface area contributed by atoms with Gasteiger partial charge in [0.1, 0.15) is 0 Å². The molecule has 7 nitrogen and oxygen atoms in total. The minimum absolute atomic E-state index is 0.156. The average molecular weight is 380 g/mol. The molecule has 7 heteroatoms. The second kappa shape index (κ2) is 6.27. The van der Waals surface area contributed by atoms with E-state index < -0.39 is 0 Å². The fourth-order valence-corrected chi connectivity index (χ4v) is 4.89. The standard InChI is InChI=1S/C21H28N6O/c22-8-12-3-15(4-12)26-11-18(21(25-26)13-1-2-13)19-7-20-14(9-23-19)10-24-27(20)16-5-17(28)6-16/h7,9,11-13,15-17,24,28H,1-6,8,10,22H2/t12-,15-,16?,17?. The van der Waals surface area contributed by atoms with Crippen LogP contribution in [-0.4, -0.2) is 38.6 Å². The Bertz CT molecular complexity index is 894. The van der Waals surface area contributed by atoms with Crippen molar-refractivity contribution in [1.82, 2.24) is 20.2 Å². The number of aliphatic hydroxyl groups is 1. The molecule has 0 unspecified atom stereocenters. The maximum Gasteiger partial charge on any atom is 0.0757 e. The van der Waals surface area contributed by atoms with E-state index in [0.29, 0.717) is 23.9 Å². The van der Waals surface area contributed by atoms with E-state index in [4.69, 9.17) is 15.8 Å². The highest BCUT2D eigenvalue weighted by Gasteiger charge is 2.37. The topological polar surface area (TPSA) is 92.2 Å². The van der Waals surface area contributed by atoms with Crippen molar-refractivity contribution in [3.05, 3.63) is 29.7 Å². The van der Waals surface area contributed by atoms with Gasteiger partial charge in [-0.15, -0.1) is 0 Å². The molecule has 0 amide bonds. The van der Waals surface area contributed by atoms with Gasteiger partial charge in [-0.05, 0) is 57.1 Å². The van der Waals surface area contributed by atoms with E-state index in [2.05, 4.69) is 27.4 Å². The zero-order valence-corrected chi connectivity index (χ0v) is 16.1. The second-order valence-corrected chi connectivity index (χ2v) is 9.09.